The number of hydrogen-bond acceptors (Lipinski definition) is 3. The van der Waals surface area contributed by atoms with Gasteiger partial charge in [0.15, 0.2) is 5.78 Å². The van der Waals surface area contributed by atoms with E-state index in [9.17, 15) is 18.4 Å². The molecule has 160 valence electrons. The standard InChI is InChI=1S/C25H24F2N2O2/c1-14-21(24(31)29-18-7-5-4-6-17(18)27)22(15-8-10-16(26)11-9-15)23-19(28-14)12-25(2,3)13-20(23)30/h4-11,22,28H,12-13H2,1-3H3,(H,29,31). The van der Waals surface area contributed by atoms with Gasteiger partial charge in [-0.1, -0.05) is 38.1 Å². The summed E-state index contributed by atoms with van der Waals surface area (Å²) in [5, 5.41) is 5.88. The second kappa shape index (κ2) is 7.76. The van der Waals surface area contributed by atoms with Crippen molar-refractivity contribution in [2.24, 2.45) is 5.41 Å². The number of dihydropyridines is 1. The van der Waals surface area contributed by atoms with Gasteiger partial charge in [-0.25, -0.2) is 8.78 Å². The van der Waals surface area contributed by atoms with Crippen LogP contribution in [0, 0.1) is 17.0 Å². The number of rotatable bonds is 3. The molecule has 2 aromatic carbocycles. The van der Waals surface area contributed by atoms with Crippen molar-refractivity contribution in [2.75, 3.05) is 5.32 Å². The molecule has 0 saturated carbocycles. The first-order chi connectivity index (χ1) is 14.7. The first kappa shape index (κ1) is 21.0. The summed E-state index contributed by atoms with van der Waals surface area (Å²) in [6.07, 6.45) is 1.01. The molecule has 1 atom stereocenters. The first-order valence-corrected chi connectivity index (χ1v) is 10.2. The maximum Gasteiger partial charge on any atom is 0.254 e. The van der Waals surface area contributed by atoms with Gasteiger partial charge in [0, 0.05) is 34.9 Å². The molecule has 2 N–H and O–H groups in total. The Kier molecular flexibility index (Phi) is 5.25. The normalized spacial score (nSPS) is 20.3. The average molecular weight is 422 g/mol. The van der Waals surface area contributed by atoms with Crippen LogP contribution in [0.2, 0.25) is 0 Å². The van der Waals surface area contributed by atoms with Gasteiger partial charge in [0.1, 0.15) is 11.6 Å². The van der Waals surface area contributed by atoms with Crippen molar-refractivity contribution in [3.8, 4) is 0 Å². The van der Waals surface area contributed by atoms with E-state index >= 15 is 0 Å². The summed E-state index contributed by atoms with van der Waals surface area (Å²) in [6, 6.07) is 11.7. The van der Waals surface area contributed by atoms with Gasteiger partial charge in [0.05, 0.1) is 5.69 Å². The minimum atomic E-state index is -0.660. The van der Waals surface area contributed by atoms with Crippen LogP contribution in [0.3, 0.4) is 0 Å². The average Bonchev–Trinajstić information content (AvgIpc) is 2.68. The van der Waals surface area contributed by atoms with E-state index in [0.717, 1.165) is 5.70 Å². The molecular formula is C25H24F2N2O2. The lowest BCUT2D eigenvalue weighted by molar-refractivity contribution is -0.118. The van der Waals surface area contributed by atoms with Crippen molar-refractivity contribution < 1.29 is 18.4 Å². The van der Waals surface area contributed by atoms with Gasteiger partial charge < -0.3 is 10.6 Å². The number of halogens is 2. The number of benzene rings is 2. The Morgan fingerprint density at radius 1 is 1.06 bits per heavy atom. The summed E-state index contributed by atoms with van der Waals surface area (Å²) in [5.41, 5.74) is 2.71. The van der Waals surface area contributed by atoms with E-state index in [4.69, 9.17) is 0 Å². The summed E-state index contributed by atoms with van der Waals surface area (Å²) < 4.78 is 27.7. The summed E-state index contributed by atoms with van der Waals surface area (Å²) in [6.45, 7) is 5.83. The smallest absolute Gasteiger partial charge is 0.254 e. The lowest BCUT2D eigenvalue weighted by atomic mass is 9.68. The fourth-order valence-corrected chi connectivity index (χ4v) is 4.48. The molecule has 1 unspecified atom stereocenters. The largest absolute Gasteiger partial charge is 0.362 e. The highest BCUT2D eigenvalue weighted by atomic mass is 19.1. The second-order valence-electron chi connectivity index (χ2n) is 8.92. The third-order valence-corrected chi connectivity index (χ3v) is 5.81. The van der Waals surface area contributed by atoms with Crippen LogP contribution >= 0.6 is 0 Å². The molecule has 4 nitrogen and oxygen atoms in total. The molecule has 4 rings (SSSR count). The lowest BCUT2D eigenvalue weighted by Gasteiger charge is -2.39. The summed E-state index contributed by atoms with van der Waals surface area (Å²) in [5.74, 6) is -2.16. The Balaban J connectivity index is 1.81. The highest BCUT2D eigenvalue weighted by molar-refractivity contribution is 6.10. The van der Waals surface area contributed by atoms with Gasteiger partial charge in [-0.3, -0.25) is 9.59 Å². The molecule has 31 heavy (non-hydrogen) atoms. The number of amides is 1. The van der Waals surface area contributed by atoms with Crippen molar-refractivity contribution >= 4 is 17.4 Å². The molecule has 2 aromatic rings. The third-order valence-electron chi connectivity index (χ3n) is 5.81. The summed E-state index contributed by atoms with van der Waals surface area (Å²) >= 11 is 0. The molecule has 0 spiro atoms. The molecule has 0 saturated heterocycles. The number of anilines is 1. The number of para-hydroxylation sites is 1. The zero-order chi connectivity index (χ0) is 22.3. The van der Waals surface area contributed by atoms with Gasteiger partial charge in [0.2, 0.25) is 0 Å². The minimum Gasteiger partial charge on any atom is -0.362 e. The molecule has 2 aliphatic rings. The molecule has 1 amide bonds. The monoisotopic (exact) mass is 422 g/mol. The number of carbonyl (C=O) groups is 2. The minimum absolute atomic E-state index is 0.0447. The predicted octanol–water partition coefficient (Wildman–Crippen LogP) is 5.21. The van der Waals surface area contributed by atoms with E-state index in [1.807, 2.05) is 13.8 Å². The number of Topliss-reactive ketones (excluding diaryl/α,β-unsaturated/α-hetero) is 1. The highest BCUT2D eigenvalue weighted by Crippen LogP contribution is 2.46. The van der Waals surface area contributed by atoms with Gasteiger partial charge >= 0.3 is 0 Å². The molecule has 0 aromatic heterocycles. The Morgan fingerprint density at radius 2 is 1.74 bits per heavy atom. The van der Waals surface area contributed by atoms with Crippen LogP contribution in [0.4, 0.5) is 14.5 Å². The molecule has 0 radical (unpaired) electrons. The Labute approximate surface area is 180 Å². The predicted molar refractivity (Wildman–Crippen MR) is 115 cm³/mol. The van der Waals surface area contributed by atoms with E-state index in [0.29, 0.717) is 35.2 Å². The third kappa shape index (κ3) is 4.02. The van der Waals surface area contributed by atoms with E-state index in [2.05, 4.69) is 10.6 Å². The van der Waals surface area contributed by atoms with Crippen molar-refractivity contribution in [2.45, 2.75) is 39.5 Å². The number of ketones is 1. The van der Waals surface area contributed by atoms with E-state index in [1.165, 1.54) is 24.3 Å². The molecule has 1 aliphatic heterocycles. The summed E-state index contributed by atoms with van der Waals surface area (Å²) in [4.78, 5) is 26.5. The zero-order valence-corrected chi connectivity index (χ0v) is 17.7. The van der Waals surface area contributed by atoms with Crippen LogP contribution in [0.5, 0.6) is 0 Å². The maximum absolute atomic E-state index is 14.1. The molecular weight excluding hydrogens is 398 g/mol. The molecule has 6 heteroatoms. The van der Waals surface area contributed by atoms with Crippen LogP contribution in [-0.2, 0) is 9.59 Å². The molecule has 1 heterocycles. The van der Waals surface area contributed by atoms with Crippen LogP contribution < -0.4 is 10.6 Å². The molecule has 0 fully saturated rings. The second-order valence-corrected chi connectivity index (χ2v) is 8.92. The van der Waals surface area contributed by atoms with E-state index in [1.54, 1.807) is 31.2 Å². The van der Waals surface area contributed by atoms with Crippen molar-refractivity contribution in [3.63, 3.8) is 0 Å². The topological polar surface area (TPSA) is 58.2 Å². The van der Waals surface area contributed by atoms with Crippen molar-refractivity contribution in [1.29, 1.82) is 0 Å². The number of allylic oxidation sites excluding steroid dienone is 3. The fourth-order valence-electron chi connectivity index (χ4n) is 4.48. The van der Waals surface area contributed by atoms with Crippen LogP contribution in [0.25, 0.3) is 0 Å². The summed E-state index contributed by atoms with van der Waals surface area (Å²) in [7, 11) is 0. The number of carbonyl (C=O) groups excluding carboxylic acids is 2. The number of hydrogen-bond donors (Lipinski definition) is 2. The fraction of sp³-hybridized carbons (Fsp3) is 0.280. The van der Waals surface area contributed by atoms with Crippen molar-refractivity contribution in [3.05, 3.63) is 88.3 Å². The molecule has 0 bridgehead atoms. The van der Waals surface area contributed by atoms with Crippen LogP contribution in [-0.4, -0.2) is 11.7 Å². The zero-order valence-electron chi connectivity index (χ0n) is 17.7. The lowest BCUT2D eigenvalue weighted by Crippen LogP contribution is -2.39. The Hall–Kier alpha value is -3.28. The van der Waals surface area contributed by atoms with Gasteiger partial charge in [-0.05, 0) is 48.6 Å². The molecule has 1 aliphatic carbocycles. The highest BCUT2D eigenvalue weighted by Gasteiger charge is 2.42. The quantitative estimate of drug-likeness (QED) is 0.714. The van der Waals surface area contributed by atoms with Gasteiger partial charge in [0.25, 0.3) is 5.91 Å². The Morgan fingerprint density at radius 3 is 2.42 bits per heavy atom. The van der Waals surface area contributed by atoms with Crippen molar-refractivity contribution in [1.82, 2.24) is 5.32 Å². The first-order valence-electron chi connectivity index (χ1n) is 10.2. The van der Waals surface area contributed by atoms with E-state index in [-0.39, 0.29) is 16.9 Å². The van der Waals surface area contributed by atoms with Crippen LogP contribution in [0.1, 0.15) is 45.1 Å². The number of nitrogens with one attached hydrogen (secondary N) is 2. The van der Waals surface area contributed by atoms with Crippen LogP contribution in [0.15, 0.2) is 71.1 Å². The van der Waals surface area contributed by atoms with Gasteiger partial charge in [-0.2, -0.15) is 0 Å². The van der Waals surface area contributed by atoms with E-state index < -0.39 is 23.5 Å². The Bertz CT molecular complexity index is 1130. The van der Waals surface area contributed by atoms with Gasteiger partial charge in [-0.15, -0.1) is 0 Å². The maximum atomic E-state index is 14.1. The SMILES string of the molecule is CC1=C(C(=O)Nc2ccccc2F)C(c2ccc(F)cc2)C2=C(CC(C)(C)CC2=O)N1.